The summed E-state index contributed by atoms with van der Waals surface area (Å²) in [5, 5.41) is 16.0. The molecule has 1 N–H and O–H groups in total. The Kier molecular flexibility index (Phi) is 5.94. The number of rotatable bonds is 7. The molecule has 0 bridgehead atoms. The van der Waals surface area contributed by atoms with Crippen LogP contribution in [-0.4, -0.2) is 30.7 Å². The predicted molar refractivity (Wildman–Crippen MR) is 129 cm³/mol. The highest BCUT2D eigenvalue weighted by Crippen LogP contribution is 2.22. The fourth-order valence-corrected chi connectivity index (χ4v) is 3.80. The zero-order valence-electron chi connectivity index (χ0n) is 18.3. The molecule has 8 nitrogen and oxygen atoms in total. The zero-order valence-corrected chi connectivity index (χ0v) is 18.3. The molecule has 0 saturated heterocycles. The fraction of sp³-hybridized carbons (Fsp3) is 0.115. The number of carbonyl (C=O) groups excluding carboxylic acids is 1. The van der Waals surface area contributed by atoms with Crippen molar-refractivity contribution >= 4 is 16.8 Å². The molecule has 0 aliphatic heterocycles. The van der Waals surface area contributed by atoms with Gasteiger partial charge in [-0.2, -0.15) is 5.10 Å². The van der Waals surface area contributed by atoms with Gasteiger partial charge in [0.25, 0.3) is 5.56 Å². The maximum Gasteiger partial charge on any atom is 0.278 e. The average Bonchev–Trinajstić information content (AvgIpc) is 3.28. The molecule has 1 amide bonds. The van der Waals surface area contributed by atoms with E-state index in [-0.39, 0.29) is 24.6 Å². The molecule has 0 spiro atoms. The van der Waals surface area contributed by atoms with Crippen molar-refractivity contribution in [2.75, 3.05) is 0 Å². The Hall–Kier alpha value is -4.59. The van der Waals surface area contributed by atoms with Crippen molar-refractivity contribution < 1.29 is 4.79 Å². The Balaban J connectivity index is 1.34. The van der Waals surface area contributed by atoms with E-state index in [0.29, 0.717) is 17.4 Å². The first-order valence-electron chi connectivity index (χ1n) is 10.9. The van der Waals surface area contributed by atoms with Crippen molar-refractivity contribution in [1.82, 2.24) is 30.1 Å². The summed E-state index contributed by atoms with van der Waals surface area (Å²) in [7, 11) is 0. The normalized spacial score (nSPS) is 10.9. The number of benzene rings is 3. The maximum absolute atomic E-state index is 12.7. The van der Waals surface area contributed by atoms with Gasteiger partial charge in [0, 0.05) is 23.9 Å². The Morgan fingerprint density at radius 3 is 2.38 bits per heavy atom. The van der Waals surface area contributed by atoms with Crippen LogP contribution in [0.3, 0.4) is 0 Å². The number of hydrogen-bond acceptors (Lipinski definition) is 5. The summed E-state index contributed by atoms with van der Waals surface area (Å²) in [6, 6.07) is 26.9. The van der Waals surface area contributed by atoms with Gasteiger partial charge < -0.3 is 5.32 Å². The standard InChI is InChI=1S/C26H22N6O2/c33-24(18-32-26(34)22-13-7-8-14-23(22)28-30-32)27-15-21-17-31(16-19-9-3-1-4-10-19)29-25(21)20-11-5-2-6-12-20/h1-14,17H,15-16,18H2,(H,27,33). The van der Waals surface area contributed by atoms with Crippen molar-refractivity contribution in [3.05, 3.63) is 113 Å². The Morgan fingerprint density at radius 2 is 1.59 bits per heavy atom. The van der Waals surface area contributed by atoms with Crippen molar-refractivity contribution in [1.29, 1.82) is 0 Å². The second kappa shape index (κ2) is 9.50. The number of aromatic nitrogens is 5. The molecule has 34 heavy (non-hydrogen) atoms. The van der Waals surface area contributed by atoms with Gasteiger partial charge in [-0.05, 0) is 17.7 Å². The van der Waals surface area contributed by atoms with E-state index in [9.17, 15) is 9.59 Å². The monoisotopic (exact) mass is 450 g/mol. The maximum atomic E-state index is 12.7. The van der Waals surface area contributed by atoms with E-state index < -0.39 is 0 Å². The predicted octanol–water partition coefficient (Wildman–Crippen LogP) is 3.02. The van der Waals surface area contributed by atoms with E-state index in [1.807, 2.05) is 71.5 Å². The molecule has 0 atom stereocenters. The molecule has 168 valence electrons. The summed E-state index contributed by atoms with van der Waals surface area (Å²) in [6.45, 7) is 0.680. The molecule has 2 heterocycles. The highest BCUT2D eigenvalue weighted by atomic mass is 16.2. The zero-order chi connectivity index (χ0) is 23.3. The van der Waals surface area contributed by atoms with Crippen LogP contribution < -0.4 is 10.9 Å². The number of hydrogen-bond donors (Lipinski definition) is 1. The minimum atomic E-state index is -0.346. The first-order valence-corrected chi connectivity index (χ1v) is 10.9. The molecule has 2 aromatic heterocycles. The van der Waals surface area contributed by atoms with Gasteiger partial charge in [-0.1, -0.05) is 78.0 Å². The Bertz CT molecular complexity index is 1490. The molecule has 5 aromatic rings. The van der Waals surface area contributed by atoms with E-state index in [0.717, 1.165) is 27.1 Å². The molecule has 8 heteroatoms. The lowest BCUT2D eigenvalue weighted by Crippen LogP contribution is -2.34. The number of amides is 1. The van der Waals surface area contributed by atoms with Crippen LogP contribution in [0.2, 0.25) is 0 Å². The van der Waals surface area contributed by atoms with Gasteiger partial charge in [-0.15, -0.1) is 5.10 Å². The number of nitrogens with one attached hydrogen (secondary N) is 1. The van der Waals surface area contributed by atoms with Crippen LogP contribution >= 0.6 is 0 Å². The molecule has 0 aliphatic carbocycles. The fourth-order valence-electron chi connectivity index (χ4n) is 3.80. The average molecular weight is 451 g/mol. The first kappa shape index (κ1) is 21.3. The lowest BCUT2D eigenvalue weighted by molar-refractivity contribution is -0.122. The second-order valence-electron chi connectivity index (χ2n) is 7.90. The van der Waals surface area contributed by atoms with Crippen molar-refractivity contribution in [2.45, 2.75) is 19.6 Å². The van der Waals surface area contributed by atoms with Crippen LogP contribution in [0.5, 0.6) is 0 Å². The molecule has 0 fully saturated rings. The molecular formula is C26H22N6O2. The number of fused-ring (bicyclic) bond motifs is 1. The molecule has 3 aromatic carbocycles. The van der Waals surface area contributed by atoms with Crippen LogP contribution in [-0.2, 0) is 24.4 Å². The summed E-state index contributed by atoms with van der Waals surface area (Å²) in [5.41, 5.74) is 3.94. The van der Waals surface area contributed by atoms with Gasteiger partial charge in [-0.3, -0.25) is 14.3 Å². The summed E-state index contributed by atoms with van der Waals surface area (Å²) in [6.07, 6.45) is 1.94. The van der Waals surface area contributed by atoms with Crippen LogP contribution in [0.25, 0.3) is 22.2 Å². The SMILES string of the molecule is O=C(Cn1nnc2ccccc2c1=O)NCc1cn(Cc2ccccc2)nc1-c1ccccc1. The molecular weight excluding hydrogens is 428 g/mol. The Labute approximate surface area is 195 Å². The van der Waals surface area contributed by atoms with Gasteiger partial charge >= 0.3 is 0 Å². The number of carbonyl (C=O) groups is 1. The van der Waals surface area contributed by atoms with Crippen LogP contribution in [0.1, 0.15) is 11.1 Å². The third-order valence-corrected chi connectivity index (χ3v) is 5.47. The van der Waals surface area contributed by atoms with Crippen LogP contribution in [0.4, 0.5) is 0 Å². The Morgan fingerprint density at radius 1 is 0.882 bits per heavy atom. The lowest BCUT2D eigenvalue weighted by atomic mass is 10.1. The van der Waals surface area contributed by atoms with Gasteiger partial charge in [0.2, 0.25) is 5.91 Å². The van der Waals surface area contributed by atoms with Gasteiger partial charge in [-0.25, -0.2) is 4.68 Å². The van der Waals surface area contributed by atoms with Crippen molar-refractivity contribution in [3.8, 4) is 11.3 Å². The smallest absolute Gasteiger partial charge is 0.278 e. The van der Waals surface area contributed by atoms with E-state index in [1.54, 1.807) is 24.3 Å². The van der Waals surface area contributed by atoms with Crippen molar-refractivity contribution in [3.63, 3.8) is 0 Å². The van der Waals surface area contributed by atoms with Crippen LogP contribution in [0.15, 0.2) is 95.9 Å². The van der Waals surface area contributed by atoms with E-state index >= 15 is 0 Å². The van der Waals surface area contributed by atoms with Gasteiger partial charge in [0.1, 0.15) is 12.1 Å². The molecule has 0 saturated carbocycles. The molecule has 0 aliphatic rings. The first-order chi connectivity index (χ1) is 16.7. The minimum Gasteiger partial charge on any atom is -0.350 e. The highest BCUT2D eigenvalue weighted by Gasteiger charge is 2.14. The number of nitrogens with zero attached hydrogens (tertiary/aromatic N) is 5. The largest absolute Gasteiger partial charge is 0.350 e. The van der Waals surface area contributed by atoms with Gasteiger partial charge in [0.15, 0.2) is 0 Å². The molecule has 0 unspecified atom stereocenters. The topological polar surface area (TPSA) is 94.7 Å². The summed E-state index contributed by atoms with van der Waals surface area (Å²) in [5.74, 6) is -0.332. The van der Waals surface area contributed by atoms with Crippen LogP contribution in [0, 0.1) is 0 Å². The lowest BCUT2D eigenvalue weighted by Gasteiger charge is -2.07. The minimum absolute atomic E-state index is 0.213. The summed E-state index contributed by atoms with van der Waals surface area (Å²) >= 11 is 0. The summed E-state index contributed by atoms with van der Waals surface area (Å²) in [4.78, 5) is 25.3. The van der Waals surface area contributed by atoms with E-state index in [1.165, 1.54) is 0 Å². The van der Waals surface area contributed by atoms with E-state index in [4.69, 9.17) is 5.10 Å². The quantitative estimate of drug-likeness (QED) is 0.411. The van der Waals surface area contributed by atoms with Crippen molar-refractivity contribution in [2.24, 2.45) is 0 Å². The molecule has 0 radical (unpaired) electrons. The third-order valence-electron chi connectivity index (χ3n) is 5.47. The van der Waals surface area contributed by atoms with Gasteiger partial charge in [0.05, 0.1) is 17.6 Å². The highest BCUT2D eigenvalue weighted by molar-refractivity contribution is 5.78. The third kappa shape index (κ3) is 4.61. The molecule has 5 rings (SSSR count). The summed E-state index contributed by atoms with van der Waals surface area (Å²) < 4.78 is 2.95. The van der Waals surface area contributed by atoms with E-state index in [2.05, 4.69) is 15.6 Å². The second-order valence-corrected chi connectivity index (χ2v) is 7.90.